The van der Waals surface area contributed by atoms with Crippen molar-refractivity contribution in [3.05, 3.63) is 11.7 Å². The number of carbonyl (C=O) groups is 1. The summed E-state index contributed by atoms with van der Waals surface area (Å²) in [6, 6.07) is -0.131. The van der Waals surface area contributed by atoms with Crippen LogP contribution in [0.25, 0.3) is 0 Å². The molecule has 18 heavy (non-hydrogen) atoms. The lowest BCUT2D eigenvalue weighted by Crippen LogP contribution is -2.45. The van der Waals surface area contributed by atoms with E-state index in [1.54, 1.807) is 0 Å². The zero-order valence-corrected chi connectivity index (χ0v) is 10.3. The number of aliphatic carboxylic acids is 1. The highest BCUT2D eigenvalue weighted by atomic mass is 16.5. The van der Waals surface area contributed by atoms with E-state index in [0.29, 0.717) is 38.0 Å². The molecule has 1 aromatic rings. The van der Waals surface area contributed by atoms with Crippen LogP contribution < -0.4 is 0 Å². The SMILES string of the molecule is CCc1noc(CN2CCOCC2CC(=O)O)n1. The number of ether oxygens (including phenoxy) is 1. The minimum absolute atomic E-state index is 0.0643. The van der Waals surface area contributed by atoms with Crippen molar-refractivity contribution in [2.24, 2.45) is 0 Å². The third kappa shape index (κ3) is 3.27. The molecule has 1 atom stereocenters. The fourth-order valence-corrected chi connectivity index (χ4v) is 1.96. The van der Waals surface area contributed by atoms with E-state index in [2.05, 4.69) is 10.1 Å². The van der Waals surface area contributed by atoms with Gasteiger partial charge in [0.05, 0.1) is 26.2 Å². The molecule has 0 aromatic carbocycles. The van der Waals surface area contributed by atoms with Gasteiger partial charge in [0.15, 0.2) is 5.82 Å². The number of aryl methyl sites for hydroxylation is 1. The molecule has 0 saturated carbocycles. The Morgan fingerprint density at radius 3 is 3.11 bits per heavy atom. The van der Waals surface area contributed by atoms with E-state index in [9.17, 15) is 4.79 Å². The van der Waals surface area contributed by atoms with Crippen LogP contribution in [0.4, 0.5) is 0 Å². The monoisotopic (exact) mass is 255 g/mol. The summed E-state index contributed by atoms with van der Waals surface area (Å²) < 4.78 is 10.4. The first kappa shape index (κ1) is 13.0. The number of hydrogen-bond donors (Lipinski definition) is 1. The number of carboxylic acids is 1. The molecular weight excluding hydrogens is 238 g/mol. The number of morpholine rings is 1. The minimum atomic E-state index is -0.824. The summed E-state index contributed by atoms with van der Waals surface area (Å²) in [5.74, 6) is 0.382. The van der Waals surface area contributed by atoms with E-state index in [1.165, 1.54) is 0 Å². The number of hydrogen-bond acceptors (Lipinski definition) is 6. The fourth-order valence-electron chi connectivity index (χ4n) is 1.96. The summed E-state index contributed by atoms with van der Waals surface area (Å²) in [5.41, 5.74) is 0. The van der Waals surface area contributed by atoms with E-state index in [1.807, 2.05) is 11.8 Å². The summed E-state index contributed by atoms with van der Waals surface area (Å²) in [6.07, 6.45) is 0.792. The lowest BCUT2D eigenvalue weighted by Gasteiger charge is -2.33. The quantitative estimate of drug-likeness (QED) is 0.809. The second-order valence-electron chi connectivity index (χ2n) is 4.25. The van der Waals surface area contributed by atoms with Crippen molar-refractivity contribution in [2.75, 3.05) is 19.8 Å². The molecular formula is C11H17N3O4. The Labute approximate surface area is 105 Å². The van der Waals surface area contributed by atoms with Gasteiger partial charge in [0.25, 0.3) is 0 Å². The molecule has 1 unspecified atom stereocenters. The maximum absolute atomic E-state index is 10.8. The van der Waals surface area contributed by atoms with Gasteiger partial charge in [0.2, 0.25) is 5.89 Å². The van der Waals surface area contributed by atoms with Gasteiger partial charge in [-0.2, -0.15) is 4.98 Å². The lowest BCUT2D eigenvalue weighted by molar-refractivity contribution is -0.140. The van der Waals surface area contributed by atoms with Crippen LogP contribution in [0.1, 0.15) is 25.1 Å². The van der Waals surface area contributed by atoms with E-state index in [4.69, 9.17) is 14.4 Å². The first-order valence-electron chi connectivity index (χ1n) is 6.04. The third-order valence-corrected chi connectivity index (χ3v) is 2.92. The maximum atomic E-state index is 10.8. The Morgan fingerprint density at radius 2 is 2.44 bits per heavy atom. The lowest BCUT2D eigenvalue weighted by atomic mass is 10.1. The highest BCUT2D eigenvalue weighted by molar-refractivity contribution is 5.67. The molecule has 2 heterocycles. The van der Waals surface area contributed by atoms with E-state index >= 15 is 0 Å². The molecule has 0 spiro atoms. The molecule has 1 saturated heterocycles. The fraction of sp³-hybridized carbons (Fsp3) is 0.727. The molecule has 2 rings (SSSR count). The molecule has 1 N–H and O–H groups in total. The van der Waals surface area contributed by atoms with Crippen molar-refractivity contribution in [3.8, 4) is 0 Å². The Bertz CT molecular complexity index is 407. The van der Waals surface area contributed by atoms with Crippen LogP contribution in [0, 0.1) is 0 Å². The molecule has 0 bridgehead atoms. The van der Waals surface area contributed by atoms with Crippen LogP contribution in [0.3, 0.4) is 0 Å². The number of carboxylic acid groups (broad SMARTS) is 1. The number of rotatable bonds is 5. The molecule has 1 aliphatic rings. The van der Waals surface area contributed by atoms with Crippen LogP contribution in [-0.2, 0) is 22.5 Å². The molecule has 7 heteroatoms. The van der Waals surface area contributed by atoms with Crippen molar-refractivity contribution < 1.29 is 19.2 Å². The smallest absolute Gasteiger partial charge is 0.305 e. The Hall–Kier alpha value is -1.47. The molecule has 1 fully saturated rings. The van der Waals surface area contributed by atoms with Crippen LogP contribution in [-0.4, -0.2) is 51.9 Å². The molecule has 7 nitrogen and oxygen atoms in total. The van der Waals surface area contributed by atoms with Gasteiger partial charge in [-0.1, -0.05) is 12.1 Å². The normalized spacial score (nSPS) is 21.1. The van der Waals surface area contributed by atoms with Gasteiger partial charge in [-0.25, -0.2) is 0 Å². The summed E-state index contributed by atoms with van der Waals surface area (Å²) in [6.45, 7) is 4.15. The third-order valence-electron chi connectivity index (χ3n) is 2.92. The molecule has 0 amide bonds. The Morgan fingerprint density at radius 1 is 1.61 bits per heavy atom. The zero-order valence-electron chi connectivity index (χ0n) is 10.3. The minimum Gasteiger partial charge on any atom is -0.481 e. The van der Waals surface area contributed by atoms with Gasteiger partial charge in [-0.15, -0.1) is 0 Å². The highest BCUT2D eigenvalue weighted by Gasteiger charge is 2.26. The number of aromatic nitrogens is 2. The van der Waals surface area contributed by atoms with E-state index in [0.717, 1.165) is 6.42 Å². The zero-order chi connectivity index (χ0) is 13.0. The summed E-state index contributed by atoms with van der Waals surface area (Å²) in [4.78, 5) is 17.0. The predicted molar refractivity (Wildman–Crippen MR) is 60.9 cm³/mol. The average molecular weight is 255 g/mol. The molecule has 100 valence electrons. The average Bonchev–Trinajstić information content (AvgIpc) is 2.79. The first-order valence-corrected chi connectivity index (χ1v) is 6.04. The van der Waals surface area contributed by atoms with Gasteiger partial charge in [0, 0.05) is 19.0 Å². The van der Waals surface area contributed by atoms with Crippen LogP contribution in [0.5, 0.6) is 0 Å². The van der Waals surface area contributed by atoms with Crippen molar-refractivity contribution in [1.29, 1.82) is 0 Å². The van der Waals surface area contributed by atoms with E-state index < -0.39 is 5.97 Å². The summed E-state index contributed by atoms with van der Waals surface area (Å²) >= 11 is 0. The Kier molecular flexibility index (Phi) is 4.27. The highest BCUT2D eigenvalue weighted by Crippen LogP contribution is 2.14. The summed E-state index contributed by atoms with van der Waals surface area (Å²) in [7, 11) is 0. The largest absolute Gasteiger partial charge is 0.481 e. The van der Waals surface area contributed by atoms with Gasteiger partial charge in [0.1, 0.15) is 0 Å². The van der Waals surface area contributed by atoms with Crippen molar-refractivity contribution in [2.45, 2.75) is 32.4 Å². The molecule has 1 aromatic heterocycles. The van der Waals surface area contributed by atoms with Gasteiger partial charge >= 0.3 is 5.97 Å². The van der Waals surface area contributed by atoms with Crippen molar-refractivity contribution in [3.63, 3.8) is 0 Å². The van der Waals surface area contributed by atoms with Crippen LogP contribution in [0.2, 0.25) is 0 Å². The van der Waals surface area contributed by atoms with E-state index in [-0.39, 0.29) is 12.5 Å². The predicted octanol–water partition coefficient (Wildman–Crippen LogP) is 0.308. The van der Waals surface area contributed by atoms with Crippen LogP contribution in [0.15, 0.2) is 4.52 Å². The summed E-state index contributed by atoms with van der Waals surface area (Å²) in [5, 5.41) is 12.7. The van der Waals surface area contributed by atoms with Crippen LogP contribution >= 0.6 is 0 Å². The van der Waals surface area contributed by atoms with Gasteiger partial charge in [-0.3, -0.25) is 9.69 Å². The van der Waals surface area contributed by atoms with Gasteiger partial charge < -0.3 is 14.4 Å². The first-order chi connectivity index (χ1) is 8.69. The van der Waals surface area contributed by atoms with Crippen molar-refractivity contribution in [1.82, 2.24) is 15.0 Å². The molecule has 1 aliphatic heterocycles. The standard InChI is InChI=1S/C11H17N3O4/c1-2-9-12-10(18-13-9)6-14-3-4-17-7-8(14)5-11(15)16/h8H,2-7H2,1H3,(H,15,16). The topological polar surface area (TPSA) is 88.7 Å². The van der Waals surface area contributed by atoms with Crippen molar-refractivity contribution >= 4 is 5.97 Å². The van der Waals surface area contributed by atoms with Gasteiger partial charge in [-0.05, 0) is 0 Å². The second kappa shape index (κ2) is 5.92. The molecule has 0 aliphatic carbocycles. The molecule has 0 radical (unpaired) electrons. The maximum Gasteiger partial charge on any atom is 0.305 e. The second-order valence-corrected chi connectivity index (χ2v) is 4.25. The number of nitrogens with zero attached hydrogens (tertiary/aromatic N) is 3. The Balaban J connectivity index is 1.98.